The van der Waals surface area contributed by atoms with Crippen LogP contribution in [0.5, 0.6) is 0 Å². The lowest BCUT2D eigenvalue weighted by Gasteiger charge is -2.05. The fourth-order valence-corrected chi connectivity index (χ4v) is 1.42. The Morgan fingerprint density at radius 1 is 1.56 bits per heavy atom. The summed E-state index contributed by atoms with van der Waals surface area (Å²) in [5.41, 5.74) is 0.897. The zero-order valence-electron chi connectivity index (χ0n) is 9.31. The van der Waals surface area contributed by atoms with Gasteiger partial charge in [-0.1, -0.05) is 0 Å². The van der Waals surface area contributed by atoms with Crippen molar-refractivity contribution in [1.29, 1.82) is 0 Å². The molecule has 0 spiro atoms. The van der Waals surface area contributed by atoms with Gasteiger partial charge in [0, 0.05) is 20.2 Å². The Labute approximate surface area is 93.9 Å². The second-order valence-electron chi connectivity index (χ2n) is 3.54. The molecule has 0 bridgehead atoms. The normalized spacial score (nSPS) is 10.6. The third kappa shape index (κ3) is 3.32. The first-order chi connectivity index (χ1) is 7.66. The van der Waals surface area contributed by atoms with Crippen molar-refractivity contribution in [3.63, 3.8) is 0 Å². The van der Waals surface area contributed by atoms with Crippen LogP contribution < -0.4 is 5.32 Å². The number of aromatic nitrogens is 2. The van der Waals surface area contributed by atoms with E-state index in [1.165, 1.54) is 6.20 Å². The van der Waals surface area contributed by atoms with Gasteiger partial charge >= 0.3 is 5.97 Å². The highest BCUT2D eigenvalue weighted by atomic mass is 16.4. The van der Waals surface area contributed by atoms with Gasteiger partial charge < -0.3 is 15.5 Å². The Bertz CT molecular complexity index is 349. The lowest BCUT2D eigenvalue weighted by atomic mass is 10.2. The van der Waals surface area contributed by atoms with Gasteiger partial charge in [-0.05, 0) is 19.4 Å². The summed E-state index contributed by atoms with van der Waals surface area (Å²) in [5.74, 6) is -0.958. The van der Waals surface area contributed by atoms with E-state index in [-0.39, 0.29) is 12.2 Å². The Balaban J connectivity index is 2.46. The Morgan fingerprint density at radius 2 is 2.31 bits per heavy atom. The van der Waals surface area contributed by atoms with Crippen LogP contribution in [-0.4, -0.2) is 39.1 Å². The van der Waals surface area contributed by atoms with Crippen LogP contribution in [-0.2, 0) is 13.6 Å². The number of carboxylic acids is 1. The summed E-state index contributed by atoms with van der Waals surface area (Å²) in [5, 5.41) is 24.5. The van der Waals surface area contributed by atoms with Crippen LogP contribution in [0.3, 0.4) is 0 Å². The van der Waals surface area contributed by atoms with Gasteiger partial charge in [-0.2, -0.15) is 5.10 Å². The van der Waals surface area contributed by atoms with Crippen molar-refractivity contribution >= 4 is 5.97 Å². The van der Waals surface area contributed by atoms with Crippen molar-refractivity contribution in [1.82, 2.24) is 15.1 Å². The van der Waals surface area contributed by atoms with Crippen molar-refractivity contribution < 1.29 is 15.0 Å². The number of carbonyl (C=O) groups is 1. The quantitative estimate of drug-likeness (QED) is 0.570. The third-order valence-corrected chi connectivity index (χ3v) is 2.35. The second kappa shape index (κ2) is 6.24. The Morgan fingerprint density at radius 3 is 2.94 bits per heavy atom. The predicted octanol–water partition coefficient (Wildman–Crippen LogP) is -0.0196. The number of rotatable bonds is 7. The number of nitrogens with one attached hydrogen (secondary N) is 1. The fraction of sp³-hybridized carbons (Fsp3) is 0.600. The van der Waals surface area contributed by atoms with E-state index in [4.69, 9.17) is 10.2 Å². The molecule has 0 atom stereocenters. The zero-order chi connectivity index (χ0) is 12.0. The molecule has 0 aromatic carbocycles. The number of aromatic carboxylic acids is 1. The largest absolute Gasteiger partial charge is 0.478 e. The van der Waals surface area contributed by atoms with E-state index in [0.717, 1.165) is 19.4 Å². The van der Waals surface area contributed by atoms with Gasteiger partial charge in [-0.3, -0.25) is 4.68 Å². The van der Waals surface area contributed by atoms with Crippen molar-refractivity contribution in [2.24, 2.45) is 7.05 Å². The molecule has 0 saturated carbocycles. The molecule has 0 saturated heterocycles. The van der Waals surface area contributed by atoms with Gasteiger partial charge in [-0.25, -0.2) is 4.79 Å². The highest BCUT2D eigenvalue weighted by molar-refractivity contribution is 5.88. The van der Waals surface area contributed by atoms with Crippen molar-refractivity contribution in [3.05, 3.63) is 17.5 Å². The number of aliphatic hydroxyl groups is 1. The van der Waals surface area contributed by atoms with E-state index in [1.54, 1.807) is 11.7 Å². The number of hydrogen-bond donors (Lipinski definition) is 3. The second-order valence-corrected chi connectivity index (χ2v) is 3.54. The van der Waals surface area contributed by atoms with E-state index < -0.39 is 5.97 Å². The average molecular weight is 227 g/mol. The molecule has 1 rings (SSSR count). The number of hydrogen-bond acceptors (Lipinski definition) is 4. The molecule has 0 fully saturated rings. The molecule has 0 aliphatic rings. The van der Waals surface area contributed by atoms with Gasteiger partial charge in [0.15, 0.2) is 0 Å². The summed E-state index contributed by atoms with van der Waals surface area (Å²) in [7, 11) is 1.72. The number of unbranched alkanes of at least 4 members (excludes halogenated alkanes) is 1. The molecule has 90 valence electrons. The molecule has 1 heterocycles. The molecule has 16 heavy (non-hydrogen) atoms. The lowest BCUT2D eigenvalue weighted by molar-refractivity contribution is 0.0695. The summed E-state index contributed by atoms with van der Waals surface area (Å²) in [6.07, 6.45) is 2.98. The Hall–Kier alpha value is -1.40. The van der Waals surface area contributed by atoms with Crippen LogP contribution >= 0.6 is 0 Å². The van der Waals surface area contributed by atoms with E-state index in [9.17, 15) is 4.79 Å². The highest BCUT2D eigenvalue weighted by Gasteiger charge is 2.13. The molecule has 0 aliphatic carbocycles. The maximum atomic E-state index is 10.9. The van der Waals surface area contributed by atoms with Crippen LogP contribution in [0.1, 0.15) is 28.9 Å². The highest BCUT2D eigenvalue weighted by Crippen LogP contribution is 2.06. The van der Waals surface area contributed by atoms with Crippen LogP contribution in [0.15, 0.2) is 6.20 Å². The molecule has 6 nitrogen and oxygen atoms in total. The van der Waals surface area contributed by atoms with Crippen molar-refractivity contribution in [2.75, 3.05) is 13.2 Å². The third-order valence-electron chi connectivity index (χ3n) is 2.35. The van der Waals surface area contributed by atoms with E-state index in [2.05, 4.69) is 10.4 Å². The van der Waals surface area contributed by atoms with Gasteiger partial charge in [0.1, 0.15) is 5.56 Å². The van der Waals surface area contributed by atoms with Gasteiger partial charge in [0.25, 0.3) is 0 Å². The van der Waals surface area contributed by atoms with E-state index >= 15 is 0 Å². The molecular formula is C10H17N3O3. The SMILES string of the molecule is Cn1ncc(C(=O)O)c1CNCCCCO. The molecule has 1 aromatic heterocycles. The standard InChI is InChI=1S/C10H17N3O3/c1-13-9(7-11-4-2-3-5-14)8(6-12-13)10(15)16/h6,11,14H,2-5,7H2,1H3,(H,15,16). The first-order valence-corrected chi connectivity index (χ1v) is 5.22. The summed E-state index contributed by atoms with van der Waals surface area (Å²) in [6, 6.07) is 0. The van der Waals surface area contributed by atoms with E-state index in [0.29, 0.717) is 12.2 Å². The van der Waals surface area contributed by atoms with Crippen molar-refractivity contribution in [2.45, 2.75) is 19.4 Å². The van der Waals surface area contributed by atoms with Crippen LogP contribution in [0.2, 0.25) is 0 Å². The topological polar surface area (TPSA) is 87.4 Å². The van der Waals surface area contributed by atoms with Crippen LogP contribution in [0.25, 0.3) is 0 Å². The molecular weight excluding hydrogens is 210 g/mol. The minimum absolute atomic E-state index is 0.188. The molecule has 3 N–H and O–H groups in total. The smallest absolute Gasteiger partial charge is 0.339 e. The average Bonchev–Trinajstić information content (AvgIpc) is 2.60. The first-order valence-electron chi connectivity index (χ1n) is 5.22. The molecule has 0 radical (unpaired) electrons. The summed E-state index contributed by atoms with van der Waals surface area (Å²) in [4.78, 5) is 10.9. The summed E-state index contributed by atoms with van der Waals surface area (Å²) < 4.78 is 1.56. The molecule has 0 amide bonds. The minimum Gasteiger partial charge on any atom is -0.478 e. The van der Waals surface area contributed by atoms with Gasteiger partial charge in [0.05, 0.1) is 11.9 Å². The number of nitrogens with zero attached hydrogens (tertiary/aromatic N) is 2. The summed E-state index contributed by atoms with van der Waals surface area (Å²) >= 11 is 0. The van der Waals surface area contributed by atoms with Crippen molar-refractivity contribution in [3.8, 4) is 0 Å². The molecule has 0 unspecified atom stereocenters. The zero-order valence-corrected chi connectivity index (χ0v) is 9.31. The number of carboxylic acid groups (broad SMARTS) is 1. The molecule has 6 heteroatoms. The Kier molecular flexibility index (Phi) is 4.94. The molecule has 0 aliphatic heterocycles. The number of aliphatic hydroxyl groups excluding tert-OH is 1. The van der Waals surface area contributed by atoms with Crippen LogP contribution in [0.4, 0.5) is 0 Å². The fourth-order valence-electron chi connectivity index (χ4n) is 1.42. The first kappa shape index (κ1) is 12.7. The maximum absolute atomic E-state index is 10.9. The predicted molar refractivity (Wildman–Crippen MR) is 58.2 cm³/mol. The lowest BCUT2D eigenvalue weighted by Crippen LogP contribution is -2.19. The number of aryl methyl sites for hydroxylation is 1. The molecule has 1 aromatic rings. The van der Waals surface area contributed by atoms with Crippen LogP contribution in [0, 0.1) is 0 Å². The van der Waals surface area contributed by atoms with Gasteiger partial charge in [0.2, 0.25) is 0 Å². The minimum atomic E-state index is -0.958. The monoisotopic (exact) mass is 227 g/mol. The summed E-state index contributed by atoms with van der Waals surface area (Å²) in [6.45, 7) is 1.42. The van der Waals surface area contributed by atoms with Gasteiger partial charge in [-0.15, -0.1) is 0 Å². The maximum Gasteiger partial charge on any atom is 0.339 e. The van der Waals surface area contributed by atoms with E-state index in [1.807, 2.05) is 0 Å².